The van der Waals surface area contributed by atoms with Gasteiger partial charge in [0.05, 0.1) is 6.20 Å². The van der Waals surface area contributed by atoms with Crippen molar-refractivity contribution in [1.29, 1.82) is 0 Å². The topological polar surface area (TPSA) is 51.0 Å². The van der Waals surface area contributed by atoms with Gasteiger partial charge >= 0.3 is 0 Å². The van der Waals surface area contributed by atoms with Crippen LogP contribution < -0.4 is 0 Å². The van der Waals surface area contributed by atoms with Gasteiger partial charge in [-0.05, 0) is 38.3 Å². The molecular weight excluding hydrogens is 216 g/mol. The third-order valence-electron chi connectivity index (χ3n) is 3.27. The molecule has 2 rings (SSSR count). The van der Waals surface area contributed by atoms with Crippen molar-refractivity contribution < 1.29 is 4.79 Å². The predicted octanol–water partition coefficient (Wildman–Crippen LogP) is 1.21. The van der Waals surface area contributed by atoms with Gasteiger partial charge in [-0.1, -0.05) is 12.1 Å². The van der Waals surface area contributed by atoms with Gasteiger partial charge in [-0.15, -0.1) is 5.10 Å². The summed E-state index contributed by atoms with van der Waals surface area (Å²) in [7, 11) is 0. The Hall–Kier alpha value is -1.23. The fraction of sp³-hybridized carbons (Fsp3) is 0.750. The van der Waals surface area contributed by atoms with Crippen LogP contribution in [0.1, 0.15) is 36.7 Å². The van der Waals surface area contributed by atoms with Gasteiger partial charge < -0.3 is 4.90 Å². The molecule has 0 saturated carbocycles. The van der Waals surface area contributed by atoms with E-state index >= 15 is 0 Å². The first-order valence-electron chi connectivity index (χ1n) is 6.39. The summed E-state index contributed by atoms with van der Waals surface area (Å²) in [4.78, 5) is 13.0. The average molecular weight is 236 g/mol. The molecule has 17 heavy (non-hydrogen) atoms. The van der Waals surface area contributed by atoms with E-state index in [0.29, 0.717) is 11.6 Å². The Balaban J connectivity index is 1.87. The number of hydrogen-bond acceptors (Lipinski definition) is 4. The van der Waals surface area contributed by atoms with Crippen LogP contribution in [0.25, 0.3) is 0 Å². The van der Waals surface area contributed by atoms with Crippen LogP contribution in [-0.2, 0) is 6.54 Å². The maximum atomic E-state index is 10.5. The summed E-state index contributed by atoms with van der Waals surface area (Å²) in [6.07, 6.45) is 6.20. The lowest BCUT2D eigenvalue weighted by Crippen LogP contribution is -2.37. The molecule has 5 heteroatoms. The minimum absolute atomic E-state index is 0.422. The Bertz CT molecular complexity index is 361. The Labute approximate surface area is 102 Å². The highest BCUT2D eigenvalue weighted by Gasteiger charge is 2.19. The van der Waals surface area contributed by atoms with Crippen LogP contribution in [0, 0.1) is 5.92 Å². The molecule has 0 aromatic carbocycles. The SMILES string of the molecule is CCCN1CCC[C@@H](Cn2cc(C=O)nn2)C1. The van der Waals surface area contributed by atoms with E-state index < -0.39 is 0 Å². The van der Waals surface area contributed by atoms with Gasteiger partial charge in [-0.3, -0.25) is 9.48 Å². The quantitative estimate of drug-likeness (QED) is 0.721. The number of hydrogen-bond donors (Lipinski definition) is 0. The Morgan fingerprint density at radius 2 is 2.47 bits per heavy atom. The lowest BCUT2D eigenvalue weighted by Gasteiger charge is -2.32. The zero-order valence-electron chi connectivity index (χ0n) is 10.4. The van der Waals surface area contributed by atoms with E-state index in [0.717, 1.165) is 19.4 Å². The highest BCUT2D eigenvalue weighted by molar-refractivity contribution is 5.70. The molecule has 1 aliphatic heterocycles. The third-order valence-corrected chi connectivity index (χ3v) is 3.27. The van der Waals surface area contributed by atoms with Crippen molar-refractivity contribution in [1.82, 2.24) is 19.9 Å². The van der Waals surface area contributed by atoms with Crippen molar-refractivity contribution in [2.45, 2.75) is 32.7 Å². The first-order valence-corrected chi connectivity index (χ1v) is 6.39. The normalized spacial score (nSPS) is 21.6. The van der Waals surface area contributed by atoms with Crippen LogP contribution in [0.2, 0.25) is 0 Å². The van der Waals surface area contributed by atoms with E-state index in [-0.39, 0.29) is 0 Å². The standard InChI is InChI=1S/C12H20N4O/c1-2-5-15-6-3-4-11(7-15)8-16-9-12(10-17)13-14-16/h9-11H,2-8H2,1H3/t11-/m1/s1. The average Bonchev–Trinajstić information content (AvgIpc) is 2.78. The van der Waals surface area contributed by atoms with Gasteiger partial charge in [0.1, 0.15) is 5.69 Å². The zero-order valence-corrected chi connectivity index (χ0v) is 10.4. The Morgan fingerprint density at radius 1 is 1.59 bits per heavy atom. The van der Waals surface area contributed by atoms with Gasteiger partial charge in [0.15, 0.2) is 6.29 Å². The molecule has 0 bridgehead atoms. The molecule has 0 amide bonds. The van der Waals surface area contributed by atoms with Crippen LogP contribution in [-0.4, -0.2) is 45.8 Å². The van der Waals surface area contributed by atoms with E-state index in [1.165, 1.54) is 32.4 Å². The minimum atomic E-state index is 0.422. The number of aromatic nitrogens is 3. The van der Waals surface area contributed by atoms with Crippen LogP contribution in [0.5, 0.6) is 0 Å². The molecule has 1 aromatic rings. The fourth-order valence-electron chi connectivity index (χ4n) is 2.54. The van der Waals surface area contributed by atoms with Gasteiger partial charge in [0.2, 0.25) is 0 Å². The Morgan fingerprint density at radius 3 is 3.18 bits per heavy atom. The van der Waals surface area contributed by atoms with Crippen LogP contribution >= 0.6 is 0 Å². The van der Waals surface area contributed by atoms with E-state index in [1.807, 2.05) is 0 Å². The molecule has 5 nitrogen and oxygen atoms in total. The molecule has 1 aromatic heterocycles. The predicted molar refractivity (Wildman–Crippen MR) is 64.9 cm³/mol. The van der Waals surface area contributed by atoms with Crippen LogP contribution in [0.15, 0.2) is 6.20 Å². The van der Waals surface area contributed by atoms with Crippen molar-refractivity contribution >= 4 is 6.29 Å². The molecule has 1 fully saturated rings. The summed E-state index contributed by atoms with van der Waals surface area (Å²) < 4.78 is 1.80. The smallest absolute Gasteiger partial charge is 0.171 e. The van der Waals surface area contributed by atoms with Crippen molar-refractivity contribution in [3.05, 3.63) is 11.9 Å². The second-order valence-corrected chi connectivity index (χ2v) is 4.79. The van der Waals surface area contributed by atoms with Crippen molar-refractivity contribution in [2.75, 3.05) is 19.6 Å². The van der Waals surface area contributed by atoms with Gasteiger partial charge in [0, 0.05) is 13.1 Å². The number of carbonyl (C=O) groups is 1. The lowest BCUT2D eigenvalue weighted by molar-refractivity contribution is 0.111. The van der Waals surface area contributed by atoms with Crippen LogP contribution in [0.3, 0.4) is 0 Å². The van der Waals surface area contributed by atoms with Crippen molar-refractivity contribution in [3.63, 3.8) is 0 Å². The largest absolute Gasteiger partial charge is 0.303 e. The summed E-state index contributed by atoms with van der Waals surface area (Å²) in [5.74, 6) is 0.636. The molecule has 1 aliphatic rings. The molecular formula is C12H20N4O. The van der Waals surface area contributed by atoms with E-state index in [1.54, 1.807) is 10.9 Å². The number of aldehydes is 1. The summed E-state index contributed by atoms with van der Waals surface area (Å²) in [6, 6.07) is 0. The first-order chi connectivity index (χ1) is 8.31. The Kier molecular flexibility index (Phi) is 4.25. The second-order valence-electron chi connectivity index (χ2n) is 4.79. The first kappa shape index (κ1) is 12.2. The summed E-state index contributed by atoms with van der Waals surface area (Å²) in [5.41, 5.74) is 0.422. The number of nitrogens with zero attached hydrogens (tertiary/aromatic N) is 4. The van der Waals surface area contributed by atoms with E-state index in [2.05, 4.69) is 22.1 Å². The molecule has 0 aliphatic carbocycles. The van der Waals surface area contributed by atoms with Crippen molar-refractivity contribution in [3.8, 4) is 0 Å². The monoisotopic (exact) mass is 236 g/mol. The third kappa shape index (κ3) is 3.36. The maximum Gasteiger partial charge on any atom is 0.171 e. The summed E-state index contributed by atoms with van der Waals surface area (Å²) in [5, 5.41) is 7.76. The number of carbonyl (C=O) groups excluding carboxylic acids is 1. The van der Waals surface area contributed by atoms with Gasteiger partial charge in [-0.25, -0.2) is 0 Å². The second kappa shape index (κ2) is 5.91. The fourth-order valence-corrected chi connectivity index (χ4v) is 2.54. The zero-order chi connectivity index (χ0) is 12.1. The molecule has 0 N–H and O–H groups in total. The van der Waals surface area contributed by atoms with Gasteiger partial charge in [-0.2, -0.15) is 0 Å². The molecule has 0 radical (unpaired) electrons. The highest BCUT2D eigenvalue weighted by Crippen LogP contribution is 2.18. The highest BCUT2D eigenvalue weighted by atomic mass is 16.1. The molecule has 2 heterocycles. The van der Waals surface area contributed by atoms with E-state index in [4.69, 9.17) is 0 Å². The molecule has 0 unspecified atom stereocenters. The number of rotatable bonds is 5. The molecule has 1 saturated heterocycles. The van der Waals surface area contributed by atoms with Gasteiger partial charge in [0.25, 0.3) is 0 Å². The lowest BCUT2D eigenvalue weighted by atomic mass is 9.98. The number of piperidine rings is 1. The molecule has 0 spiro atoms. The van der Waals surface area contributed by atoms with E-state index in [9.17, 15) is 4.79 Å². The molecule has 94 valence electrons. The maximum absolute atomic E-state index is 10.5. The number of likely N-dealkylation sites (tertiary alicyclic amines) is 1. The molecule has 1 atom stereocenters. The summed E-state index contributed by atoms with van der Waals surface area (Å²) in [6.45, 7) is 6.65. The summed E-state index contributed by atoms with van der Waals surface area (Å²) >= 11 is 0. The minimum Gasteiger partial charge on any atom is -0.303 e. The van der Waals surface area contributed by atoms with Crippen molar-refractivity contribution in [2.24, 2.45) is 5.92 Å². The van der Waals surface area contributed by atoms with Crippen LogP contribution in [0.4, 0.5) is 0 Å².